The third kappa shape index (κ3) is 3.18. The summed E-state index contributed by atoms with van der Waals surface area (Å²) in [7, 11) is 2.52. The molecule has 0 fully saturated rings. The highest BCUT2D eigenvalue weighted by Gasteiger charge is 2.34. The highest BCUT2D eigenvalue weighted by molar-refractivity contribution is 6.32. The molecule has 146 valence electrons. The number of fused-ring (bicyclic) bond motifs is 1. The predicted octanol–water partition coefficient (Wildman–Crippen LogP) is 3.89. The van der Waals surface area contributed by atoms with Crippen molar-refractivity contribution in [2.75, 3.05) is 19.5 Å². The predicted molar refractivity (Wildman–Crippen MR) is 98.2 cm³/mol. The average Bonchev–Trinajstić information content (AvgIpc) is 2.66. The molecule has 2 heterocycles. The van der Waals surface area contributed by atoms with E-state index in [1.165, 1.54) is 19.2 Å². The number of nitrogens with one attached hydrogen (secondary N) is 1. The van der Waals surface area contributed by atoms with E-state index in [-0.39, 0.29) is 33.0 Å². The molecule has 0 aliphatic rings. The van der Waals surface area contributed by atoms with Gasteiger partial charge in [-0.25, -0.2) is 9.78 Å². The van der Waals surface area contributed by atoms with Crippen LogP contribution < -0.4 is 10.9 Å². The number of aromatic nitrogens is 2. The van der Waals surface area contributed by atoms with E-state index in [9.17, 15) is 22.8 Å². The van der Waals surface area contributed by atoms with Gasteiger partial charge in [-0.15, -0.1) is 0 Å². The molecule has 0 atom stereocenters. The fourth-order valence-corrected chi connectivity index (χ4v) is 3.05. The molecule has 1 aromatic carbocycles. The zero-order valence-corrected chi connectivity index (χ0v) is 15.4. The monoisotopic (exact) mass is 411 g/mol. The van der Waals surface area contributed by atoms with Gasteiger partial charge in [0.25, 0.3) is 5.56 Å². The van der Waals surface area contributed by atoms with Gasteiger partial charge in [0.1, 0.15) is 16.9 Å². The Morgan fingerprint density at radius 3 is 2.46 bits per heavy atom. The second kappa shape index (κ2) is 7.16. The quantitative estimate of drug-likeness (QED) is 0.662. The average molecular weight is 412 g/mol. The lowest BCUT2D eigenvalue weighted by molar-refractivity contribution is -0.141. The van der Waals surface area contributed by atoms with E-state index in [1.807, 2.05) is 0 Å². The molecule has 3 rings (SSSR count). The Kier molecular flexibility index (Phi) is 5.03. The number of carbonyl (C=O) groups is 1. The molecule has 0 radical (unpaired) electrons. The van der Waals surface area contributed by atoms with Crippen LogP contribution in [0.25, 0.3) is 16.7 Å². The van der Waals surface area contributed by atoms with Gasteiger partial charge in [0, 0.05) is 12.4 Å². The number of anilines is 1. The van der Waals surface area contributed by atoms with Crippen molar-refractivity contribution in [3.05, 3.63) is 63.0 Å². The van der Waals surface area contributed by atoms with Crippen LogP contribution in [0.15, 0.2) is 41.2 Å². The number of alkyl halides is 3. The maximum atomic E-state index is 13.2. The molecule has 0 amide bonds. The van der Waals surface area contributed by atoms with Gasteiger partial charge in [-0.2, -0.15) is 13.2 Å². The molecule has 3 aromatic rings. The van der Waals surface area contributed by atoms with Crippen molar-refractivity contribution in [3.63, 3.8) is 0 Å². The second-order valence-corrected chi connectivity index (χ2v) is 6.06. The molecule has 1 N–H and O–H groups in total. The Balaban J connectivity index is 2.57. The van der Waals surface area contributed by atoms with Crippen LogP contribution in [0.1, 0.15) is 16.1 Å². The van der Waals surface area contributed by atoms with E-state index >= 15 is 0 Å². The fraction of sp³-hybridized carbons (Fsp3) is 0.167. The molecule has 6 nitrogen and oxygen atoms in total. The molecule has 0 aliphatic carbocycles. The first-order valence-corrected chi connectivity index (χ1v) is 8.26. The summed E-state index contributed by atoms with van der Waals surface area (Å²) in [4.78, 5) is 29.0. The largest absolute Gasteiger partial charge is 0.465 e. The van der Waals surface area contributed by atoms with Crippen LogP contribution in [0.5, 0.6) is 0 Å². The molecular weight excluding hydrogens is 399 g/mol. The lowest BCUT2D eigenvalue weighted by atomic mass is 10.1. The highest BCUT2D eigenvalue weighted by Crippen LogP contribution is 2.33. The van der Waals surface area contributed by atoms with Crippen LogP contribution in [0.4, 0.5) is 18.9 Å². The number of carbonyl (C=O) groups excluding carboxylic acids is 1. The number of hydrogen-bond donors (Lipinski definition) is 1. The van der Waals surface area contributed by atoms with Gasteiger partial charge < -0.3 is 10.1 Å². The van der Waals surface area contributed by atoms with Crippen LogP contribution >= 0.6 is 11.6 Å². The molecule has 0 saturated carbocycles. The first-order valence-electron chi connectivity index (χ1n) is 7.88. The normalized spacial score (nSPS) is 11.5. The van der Waals surface area contributed by atoms with E-state index in [2.05, 4.69) is 15.0 Å². The van der Waals surface area contributed by atoms with Crippen molar-refractivity contribution in [1.82, 2.24) is 9.55 Å². The number of methoxy groups -OCH3 is 1. The van der Waals surface area contributed by atoms with Crippen LogP contribution in [-0.4, -0.2) is 29.7 Å². The van der Waals surface area contributed by atoms with Gasteiger partial charge in [0.05, 0.1) is 23.5 Å². The minimum atomic E-state index is -4.73. The Bertz CT molecular complexity index is 1140. The number of benzene rings is 1. The lowest BCUT2D eigenvalue weighted by Crippen LogP contribution is -2.29. The van der Waals surface area contributed by atoms with Crippen molar-refractivity contribution in [2.45, 2.75) is 6.18 Å². The smallest absolute Gasteiger partial charge is 0.433 e. The summed E-state index contributed by atoms with van der Waals surface area (Å²) >= 11 is 6.16. The van der Waals surface area contributed by atoms with Gasteiger partial charge in [0.2, 0.25) is 0 Å². The number of halogens is 4. The maximum absolute atomic E-state index is 13.2. The highest BCUT2D eigenvalue weighted by atomic mass is 35.5. The van der Waals surface area contributed by atoms with Crippen LogP contribution in [-0.2, 0) is 10.9 Å². The number of esters is 1. The Labute approximate surface area is 161 Å². The van der Waals surface area contributed by atoms with E-state index in [1.54, 1.807) is 12.1 Å². The Morgan fingerprint density at radius 2 is 1.89 bits per heavy atom. The van der Waals surface area contributed by atoms with Gasteiger partial charge in [-0.1, -0.05) is 23.7 Å². The number of nitrogens with zero attached hydrogens (tertiary/aromatic N) is 2. The van der Waals surface area contributed by atoms with Gasteiger partial charge in [0.15, 0.2) is 0 Å². The van der Waals surface area contributed by atoms with Crippen LogP contribution in [0.3, 0.4) is 0 Å². The van der Waals surface area contributed by atoms with Crippen molar-refractivity contribution < 1.29 is 22.7 Å². The van der Waals surface area contributed by atoms with E-state index in [4.69, 9.17) is 11.6 Å². The molecule has 0 spiro atoms. The van der Waals surface area contributed by atoms with E-state index in [0.717, 1.165) is 23.8 Å². The minimum absolute atomic E-state index is 0.0105. The number of rotatable bonds is 3. The molecule has 0 saturated heterocycles. The number of para-hydroxylation sites is 1. The van der Waals surface area contributed by atoms with Crippen molar-refractivity contribution in [2.24, 2.45) is 0 Å². The van der Waals surface area contributed by atoms with E-state index in [0.29, 0.717) is 0 Å². The molecular formula is C18H13ClF3N3O3. The van der Waals surface area contributed by atoms with Crippen molar-refractivity contribution >= 4 is 34.3 Å². The topological polar surface area (TPSA) is 73.2 Å². The number of hydrogen-bond acceptors (Lipinski definition) is 5. The molecule has 0 aliphatic heterocycles. The summed E-state index contributed by atoms with van der Waals surface area (Å²) in [6, 6.07) is 7.95. The van der Waals surface area contributed by atoms with Gasteiger partial charge >= 0.3 is 12.1 Å². The van der Waals surface area contributed by atoms with Gasteiger partial charge in [-0.3, -0.25) is 9.36 Å². The lowest BCUT2D eigenvalue weighted by Gasteiger charge is -2.18. The zero-order valence-electron chi connectivity index (χ0n) is 14.6. The fourth-order valence-electron chi connectivity index (χ4n) is 2.83. The van der Waals surface area contributed by atoms with Gasteiger partial charge in [-0.05, 0) is 24.3 Å². The summed E-state index contributed by atoms with van der Waals surface area (Å²) in [6.07, 6.45) is -4.73. The summed E-state index contributed by atoms with van der Waals surface area (Å²) in [5.74, 6) is -0.947. The van der Waals surface area contributed by atoms with Crippen LogP contribution in [0, 0.1) is 0 Å². The summed E-state index contributed by atoms with van der Waals surface area (Å²) < 4.78 is 45.2. The first kappa shape index (κ1) is 19.7. The summed E-state index contributed by atoms with van der Waals surface area (Å²) in [6.45, 7) is 0. The minimum Gasteiger partial charge on any atom is -0.465 e. The Hall–Kier alpha value is -3.07. The zero-order chi connectivity index (χ0) is 20.6. The third-order valence-corrected chi connectivity index (χ3v) is 4.37. The SMILES string of the molecule is CNc1c(C(=O)OC)c(=O)n(-c2ccccc2Cl)c2nc(C(F)(F)F)ccc12. The molecule has 28 heavy (non-hydrogen) atoms. The summed E-state index contributed by atoms with van der Waals surface area (Å²) in [5, 5.41) is 2.89. The van der Waals surface area contributed by atoms with Crippen molar-refractivity contribution in [1.29, 1.82) is 0 Å². The summed E-state index contributed by atoms with van der Waals surface area (Å²) in [5.41, 5.74) is -2.68. The Morgan fingerprint density at radius 1 is 1.21 bits per heavy atom. The number of pyridine rings is 2. The standard InChI is InChI=1S/C18H13ClF3N3O3/c1-23-14-9-7-8-12(18(20,21)22)24-15(9)25(11-6-4-3-5-10(11)19)16(26)13(14)17(27)28-2/h3-8,23H,1-2H3. The molecule has 10 heteroatoms. The first-order chi connectivity index (χ1) is 13.2. The van der Waals surface area contributed by atoms with Crippen molar-refractivity contribution in [3.8, 4) is 5.69 Å². The molecule has 0 unspecified atom stereocenters. The molecule has 0 bridgehead atoms. The number of ether oxygens (including phenoxy) is 1. The second-order valence-electron chi connectivity index (χ2n) is 5.65. The van der Waals surface area contributed by atoms with E-state index < -0.39 is 23.4 Å². The molecule has 2 aromatic heterocycles. The maximum Gasteiger partial charge on any atom is 0.433 e. The van der Waals surface area contributed by atoms with Crippen LogP contribution in [0.2, 0.25) is 5.02 Å². The third-order valence-electron chi connectivity index (χ3n) is 4.05.